The number of likely N-dealkylation sites (tertiary alicyclic amines) is 1. The molecule has 6 heteroatoms. The van der Waals surface area contributed by atoms with Crippen molar-refractivity contribution in [3.8, 4) is 0 Å². The van der Waals surface area contributed by atoms with E-state index in [0.717, 1.165) is 0 Å². The number of amides is 2. The first-order valence-electron chi connectivity index (χ1n) is 7.14. The Morgan fingerprint density at radius 1 is 1.52 bits per heavy atom. The highest BCUT2D eigenvalue weighted by atomic mass is 32.1. The largest absolute Gasteiger partial charge is 0.481 e. The molecule has 0 bridgehead atoms. The molecule has 1 aliphatic heterocycles. The van der Waals surface area contributed by atoms with Gasteiger partial charge >= 0.3 is 12.0 Å². The molecule has 21 heavy (non-hydrogen) atoms. The van der Waals surface area contributed by atoms with Crippen LogP contribution in [-0.2, 0) is 10.2 Å². The van der Waals surface area contributed by atoms with Gasteiger partial charge in [0.15, 0.2) is 0 Å². The van der Waals surface area contributed by atoms with Gasteiger partial charge in [-0.1, -0.05) is 19.9 Å². The molecule has 2 heterocycles. The fourth-order valence-corrected chi connectivity index (χ4v) is 3.56. The van der Waals surface area contributed by atoms with Gasteiger partial charge in [-0.25, -0.2) is 4.79 Å². The zero-order chi connectivity index (χ0) is 15.6. The Hall–Kier alpha value is -1.56. The van der Waals surface area contributed by atoms with Crippen LogP contribution in [0.1, 0.15) is 32.1 Å². The first kappa shape index (κ1) is 15.8. The second-order valence-electron chi connectivity index (χ2n) is 6.19. The van der Waals surface area contributed by atoms with Crippen molar-refractivity contribution in [1.82, 2.24) is 10.2 Å². The van der Waals surface area contributed by atoms with Crippen molar-refractivity contribution in [2.24, 2.45) is 5.92 Å². The summed E-state index contributed by atoms with van der Waals surface area (Å²) >= 11 is 1.68. The van der Waals surface area contributed by atoms with Crippen LogP contribution in [0.4, 0.5) is 4.79 Å². The molecule has 2 N–H and O–H groups in total. The molecule has 1 saturated heterocycles. The van der Waals surface area contributed by atoms with Crippen LogP contribution in [-0.4, -0.2) is 41.1 Å². The van der Waals surface area contributed by atoms with E-state index < -0.39 is 11.9 Å². The van der Waals surface area contributed by atoms with Crippen LogP contribution in [0.2, 0.25) is 0 Å². The number of carbonyl (C=O) groups excluding carboxylic acids is 1. The van der Waals surface area contributed by atoms with Gasteiger partial charge in [-0.3, -0.25) is 4.79 Å². The van der Waals surface area contributed by atoms with Crippen LogP contribution < -0.4 is 5.32 Å². The average molecular weight is 310 g/mol. The maximum absolute atomic E-state index is 12.3. The van der Waals surface area contributed by atoms with E-state index in [1.165, 1.54) is 4.88 Å². The summed E-state index contributed by atoms with van der Waals surface area (Å²) in [5.74, 6) is -1.28. The van der Waals surface area contributed by atoms with Gasteiger partial charge in [0.2, 0.25) is 0 Å². The Balaban J connectivity index is 1.92. The van der Waals surface area contributed by atoms with Crippen LogP contribution >= 0.6 is 11.3 Å². The van der Waals surface area contributed by atoms with Gasteiger partial charge in [-0.2, -0.15) is 0 Å². The second-order valence-corrected chi connectivity index (χ2v) is 7.13. The Labute approximate surface area is 129 Å². The molecular formula is C15H22N2O3S. The molecule has 0 saturated carbocycles. The maximum Gasteiger partial charge on any atom is 0.317 e. The predicted molar refractivity (Wildman–Crippen MR) is 82.7 cm³/mol. The van der Waals surface area contributed by atoms with Crippen molar-refractivity contribution in [1.29, 1.82) is 0 Å². The number of aliphatic carboxylic acids is 1. The summed E-state index contributed by atoms with van der Waals surface area (Å²) in [6, 6.07) is 3.64. The Morgan fingerprint density at radius 3 is 2.76 bits per heavy atom. The number of nitrogens with one attached hydrogen (secondary N) is 1. The fraction of sp³-hybridized carbons (Fsp3) is 0.600. The van der Waals surface area contributed by atoms with Crippen LogP contribution in [0.25, 0.3) is 0 Å². The topological polar surface area (TPSA) is 69.6 Å². The van der Waals surface area contributed by atoms with Crippen molar-refractivity contribution < 1.29 is 14.7 Å². The quantitative estimate of drug-likeness (QED) is 0.898. The normalized spacial score (nSPS) is 22.3. The minimum Gasteiger partial charge on any atom is -0.481 e. The number of thiophene rings is 1. The fourth-order valence-electron chi connectivity index (χ4n) is 2.71. The first-order valence-corrected chi connectivity index (χ1v) is 8.02. The van der Waals surface area contributed by atoms with Gasteiger partial charge < -0.3 is 15.3 Å². The SMILES string of the molecule is CC1C(C(=O)O)CCN1C(=O)NCC(C)(C)c1cccs1. The Kier molecular flexibility index (Phi) is 4.56. The third-order valence-electron chi connectivity index (χ3n) is 4.20. The summed E-state index contributed by atoms with van der Waals surface area (Å²) in [6.45, 7) is 7.02. The van der Waals surface area contributed by atoms with Gasteiger partial charge in [-0.15, -0.1) is 11.3 Å². The molecule has 2 unspecified atom stereocenters. The molecule has 2 atom stereocenters. The molecule has 0 aliphatic carbocycles. The van der Waals surface area contributed by atoms with E-state index in [0.29, 0.717) is 19.5 Å². The van der Waals surface area contributed by atoms with Gasteiger partial charge in [0.25, 0.3) is 0 Å². The summed E-state index contributed by atoms with van der Waals surface area (Å²) in [6.07, 6.45) is 0.526. The van der Waals surface area contributed by atoms with E-state index in [1.54, 1.807) is 23.2 Å². The molecule has 0 spiro atoms. The molecule has 1 aromatic heterocycles. The number of carbonyl (C=O) groups is 2. The molecule has 1 aliphatic rings. The summed E-state index contributed by atoms with van der Waals surface area (Å²) in [7, 11) is 0. The monoisotopic (exact) mass is 310 g/mol. The number of carboxylic acids is 1. The minimum absolute atomic E-state index is 0.126. The molecule has 2 amide bonds. The molecule has 2 rings (SSSR count). The summed E-state index contributed by atoms with van der Waals surface area (Å²) in [5, 5.41) is 14.1. The van der Waals surface area contributed by atoms with Crippen molar-refractivity contribution in [2.45, 2.75) is 38.6 Å². The summed E-state index contributed by atoms with van der Waals surface area (Å²) in [5.41, 5.74) is -0.126. The number of hydrogen-bond acceptors (Lipinski definition) is 3. The predicted octanol–water partition coefficient (Wildman–Crippen LogP) is 2.53. The summed E-state index contributed by atoms with van der Waals surface area (Å²) < 4.78 is 0. The number of carboxylic acid groups (broad SMARTS) is 1. The van der Waals surface area contributed by atoms with Gasteiger partial charge in [0.1, 0.15) is 0 Å². The van der Waals surface area contributed by atoms with E-state index >= 15 is 0 Å². The number of hydrogen-bond donors (Lipinski definition) is 2. The zero-order valence-corrected chi connectivity index (χ0v) is 13.4. The molecule has 1 fully saturated rings. The molecule has 116 valence electrons. The third-order valence-corrected chi connectivity index (χ3v) is 5.44. The lowest BCUT2D eigenvalue weighted by Gasteiger charge is -2.28. The Morgan fingerprint density at radius 2 is 2.24 bits per heavy atom. The smallest absolute Gasteiger partial charge is 0.317 e. The van der Waals surface area contributed by atoms with Crippen LogP contribution in [0.15, 0.2) is 17.5 Å². The molecule has 5 nitrogen and oxygen atoms in total. The lowest BCUT2D eigenvalue weighted by molar-refractivity contribution is -0.142. The lowest BCUT2D eigenvalue weighted by atomic mass is 9.91. The highest BCUT2D eigenvalue weighted by molar-refractivity contribution is 7.10. The van der Waals surface area contributed by atoms with E-state index in [9.17, 15) is 9.59 Å². The van der Waals surface area contributed by atoms with E-state index in [2.05, 4.69) is 25.2 Å². The zero-order valence-electron chi connectivity index (χ0n) is 12.6. The number of urea groups is 1. The van der Waals surface area contributed by atoms with Gasteiger partial charge in [-0.05, 0) is 24.8 Å². The van der Waals surface area contributed by atoms with Crippen molar-refractivity contribution in [3.05, 3.63) is 22.4 Å². The standard InChI is InChI=1S/C15H22N2O3S/c1-10-11(13(18)19)6-7-17(10)14(20)16-9-15(2,3)12-5-4-8-21-12/h4-5,8,10-11H,6-7,9H2,1-3H3,(H,16,20)(H,18,19). The first-order chi connectivity index (χ1) is 9.83. The average Bonchev–Trinajstić information content (AvgIpc) is 3.05. The maximum atomic E-state index is 12.3. The van der Waals surface area contributed by atoms with Crippen molar-refractivity contribution in [3.63, 3.8) is 0 Å². The Bertz CT molecular complexity index is 513. The molecule has 1 aromatic rings. The highest BCUT2D eigenvalue weighted by Gasteiger charge is 2.38. The second kappa shape index (κ2) is 6.05. The van der Waals surface area contributed by atoms with Crippen LogP contribution in [0.5, 0.6) is 0 Å². The van der Waals surface area contributed by atoms with E-state index in [1.807, 2.05) is 11.4 Å². The van der Waals surface area contributed by atoms with E-state index in [-0.39, 0.29) is 17.5 Å². The van der Waals surface area contributed by atoms with Gasteiger partial charge in [0.05, 0.1) is 5.92 Å². The van der Waals surface area contributed by atoms with E-state index in [4.69, 9.17) is 5.11 Å². The van der Waals surface area contributed by atoms with Crippen molar-refractivity contribution in [2.75, 3.05) is 13.1 Å². The molecular weight excluding hydrogens is 288 g/mol. The number of rotatable bonds is 4. The lowest BCUT2D eigenvalue weighted by Crippen LogP contribution is -2.47. The van der Waals surface area contributed by atoms with Crippen LogP contribution in [0, 0.1) is 5.92 Å². The van der Waals surface area contributed by atoms with Crippen LogP contribution in [0.3, 0.4) is 0 Å². The molecule has 0 radical (unpaired) electrons. The minimum atomic E-state index is -0.822. The van der Waals surface area contributed by atoms with Crippen molar-refractivity contribution >= 4 is 23.3 Å². The van der Waals surface area contributed by atoms with Gasteiger partial charge in [0, 0.05) is 29.4 Å². The third kappa shape index (κ3) is 3.37. The number of nitrogens with zero attached hydrogens (tertiary/aromatic N) is 1. The highest BCUT2D eigenvalue weighted by Crippen LogP contribution is 2.27. The molecule has 0 aromatic carbocycles. The summed E-state index contributed by atoms with van der Waals surface area (Å²) in [4.78, 5) is 26.2.